The molecule has 1 aliphatic rings. The first kappa shape index (κ1) is 36.1. The number of aryl methyl sites for hydroxylation is 4. The molecule has 0 saturated carbocycles. The lowest BCUT2D eigenvalue weighted by atomic mass is 10.0. The Labute approximate surface area is 284 Å². The SMILES string of the molecule is CCCCC/C=C/C/C=C/C/C=C/C/C=C/CCCC(=O)OC[N+]1(C)CCc2c(c3cc(C)ccc3n2CCc2ccc(C)nc2)C1. The van der Waals surface area contributed by atoms with Gasteiger partial charge in [-0.25, -0.2) is 0 Å². The molecule has 5 heteroatoms. The van der Waals surface area contributed by atoms with Crippen molar-refractivity contribution < 1.29 is 14.0 Å². The van der Waals surface area contributed by atoms with Gasteiger partial charge in [-0.2, -0.15) is 0 Å². The summed E-state index contributed by atoms with van der Waals surface area (Å²) in [7, 11) is 2.23. The van der Waals surface area contributed by atoms with Crippen molar-refractivity contribution >= 4 is 16.9 Å². The Morgan fingerprint density at radius 2 is 1.62 bits per heavy atom. The molecule has 0 amide bonds. The zero-order valence-corrected chi connectivity index (χ0v) is 29.6. The molecule has 5 nitrogen and oxygen atoms in total. The molecule has 0 spiro atoms. The van der Waals surface area contributed by atoms with Gasteiger partial charge in [0.15, 0.2) is 0 Å². The van der Waals surface area contributed by atoms with Crippen LogP contribution in [0.3, 0.4) is 0 Å². The van der Waals surface area contributed by atoms with Crippen molar-refractivity contribution in [1.29, 1.82) is 0 Å². The molecule has 4 rings (SSSR count). The smallest absolute Gasteiger partial charge is 0.310 e. The second-order valence-electron chi connectivity index (χ2n) is 13.5. The Hall–Kier alpha value is -3.70. The fraction of sp³-hybridized carbons (Fsp3) is 0.476. The average Bonchev–Trinajstić information content (AvgIpc) is 3.36. The Kier molecular flexibility index (Phi) is 14.8. The lowest BCUT2D eigenvalue weighted by molar-refractivity contribution is -0.940. The molecular weight excluding hydrogens is 578 g/mol. The third kappa shape index (κ3) is 11.8. The first-order chi connectivity index (χ1) is 22.9. The number of quaternary nitrogens is 1. The summed E-state index contributed by atoms with van der Waals surface area (Å²) in [5.41, 5.74) is 7.76. The monoisotopic (exact) mass is 636 g/mol. The van der Waals surface area contributed by atoms with Crippen LogP contribution in [0.4, 0.5) is 0 Å². The fourth-order valence-corrected chi connectivity index (χ4v) is 6.37. The number of ether oxygens (including phenoxy) is 1. The summed E-state index contributed by atoms with van der Waals surface area (Å²) in [5.74, 6) is -0.0870. The van der Waals surface area contributed by atoms with Crippen LogP contribution in [0, 0.1) is 13.8 Å². The number of allylic oxidation sites excluding steroid dienone is 8. The number of carbonyl (C=O) groups is 1. The van der Waals surface area contributed by atoms with E-state index in [4.69, 9.17) is 4.74 Å². The number of hydrogen-bond donors (Lipinski definition) is 0. The molecule has 1 aliphatic heterocycles. The maximum absolute atomic E-state index is 12.6. The van der Waals surface area contributed by atoms with Crippen molar-refractivity contribution in [2.45, 2.75) is 111 Å². The van der Waals surface area contributed by atoms with E-state index in [1.165, 1.54) is 59.0 Å². The fourth-order valence-electron chi connectivity index (χ4n) is 6.37. The van der Waals surface area contributed by atoms with E-state index in [1.807, 2.05) is 13.1 Å². The van der Waals surface area contributed by atoms with E-state index >= 15 is 0 Å². The minimum absolute atomic E-state index is 0.0870. The average molecular weight is 637 g/mol. The normalized spacial score (nSPS) is 16.8. The van der Waals surface area contributed by atoms with Crippen molar-refractivity contribution in [1.82, 2.24) is 9.55 Å². The molecular formula is C42H58N3O2+. The van der Waals surface area contributed by atoms with Crippen molar-refractivity contribution in [3.05, 3.63) is 113 Å². The largest absolute Gasteiger partial charge is 0.415 e. The van der Waals surface area contributed by atoms with Crippen LogP contribution in [0.5, 0.6) is 0 Å². The second-order valence-corrected chi connectivity index (χ2v) is 13.5. The van der Waals surface area contributed by atoms with Gasteiger partial charge in [-0.15, -0.1) is 0 Å². The van der Waals surface area contributed by atoms with Crippen molar-refractivity contribution in [2.75, 3.05) is 20.3 Å². The van der Waals surface area contributed by atoms with Crippen LogP contribution < -0.4 is 0 Å². The maximum atomic E-state index is 12.6. The highest BCUT2D eigenvalue weighted by molar-refractivity contribution is 5.86. The van der Waals surface area contributed by atoms with E-state index in [1.54, 1.807) is 0 Å². The molecule has 0 fully saturated rings. The quantitative estimate of drug-likeness (QED) is 0.0569. The summed E-state index contributed by atoms with van der Waals surface area (Å²) in [6.45, 7) is 9.65. The van der Waals surface area contributed by atoms with E-state index in [2.05, 4.69) is 109 Å². The predicted octanol–water partition coefficient (Wildman–Crippen LogP) is 10.0. The molecule has 0 radical (unpaired) electrons. The van der Waals surface area contributed by atoms with Gasteiger partial charge in [-0.3, -0.25) is 14.3 Å². The molecule has 3 heterocycles. The molecule has 0 saturated heterocycles. The second kappa shape index (κ2) is 19.2. The number of esters is 1. The van der Waals surface area contributed by atoms with E-state index in [-0.39, 0.29) is 5.97 Å². The van der Waals surface area contributed by atoms with Crippen LogP contribution in [0.2, 0.25) is 0 Å². The zero-order chi connectivity index (χ0) is 33.3. The lowest BCUT2D eigenvalue weighted by Crippen LogP contribution is -2.49. The molecule has 0 aliphatic carbocycles. The maximum Gasteiger partial charge on any atom is 0.310 e. The Morgan fingerprint density at radius 3 is 2.30 bits per heavy atom. The van der Waals surface area contributed by atoms with Gasteiger partial charge in [0.1, 0.15) is 6.54 Å². The van der Waals surface area contributed by atoms with Crippen LogP contribution in [0.1, 0.15) is 99.2 Å². The highest BCUT2D eigenvalue weighted by Crippen LogP contribution is 2.34. The van der Waals surface area contributed by atoms with Gasteiger partial charge in [0.2, 0.25) is 6.73 Å². The summed E-state index contributed by atoms with van der Waals surface area (Å²) in [5, 5.41) is 1.34. The van der Waals surface area contributed by atoms with Gasteiger partial charge in [0, 0.05) is 53.4 Å². The van der Waals surface area contributed by atoms with E-state index < -0.39 is 0 Å². The van der Waals surface area contributed by atoms with Gasteiger partial charge < -0.3 is 9.30 Å². The Balaban J connectivity index is 1.16. The summed E-state index contributed by atoms with van der Waals surface area (Å²) in [4.78, 5) is 17.1. The highest BCUT2D eigenvalue weighted by atomic mass is 16.5. The highest BCUT2D eigenvalue weighted by Gasteiger charge is 2.34. The number of benzene rings is 1. The van der Waals surface area contributed by atoms with Crippen LogP contribution in [0.15, 0.2) is 85.1 Å². The van der Waals surface area contributed by atoms with Gasteiger partial charge in [0.25, 0.3) is 0 Å². The number of pyridine rings is 1. The van der Waals surface area contributed by atoms with Crippen molar-refractivity contribution in [3.8, 4) is 0 Å². The van der Waals surface area contributed by atoms with Crippen molar-refractivity contribution in [3.63, 3.8) is 0 Å². The molecule has 1 aromatic carbocycles. The van der Waals surface area contributed by atoms with Gasteiger partial charge in [-0.1, -0.05) is 86.1 Å². The number of fused-ring (bicyclic) bond motifs is 3. The third-order valence-electron chi connectivity index (χ3n) is 9.21. The molecule has 3 aromatic rings. The van der Waals surface area contributed by atoms with Gasteiger partial charge >= 0.3 is 5.97 Å². The van der Waals surface area contributed by atoms with Crippen molar-refractivity contribution in [2.24, 2.45) is 0 Å². The number of unbranched alkanes of at least 4 members (excludes halogenated alkanes) is 4. The van der Waals surface area contributed by atoms with Gasteiger partial charge in [0.05, 0.1) is 13.6 Å². The van der Waals surface area contributed by atoms with Crippen LogP contribution >= 0.6 is 0 Å². The summed E-state index contributed by atoms with van der Waals surface area (Å²) >= 11 is 0. The summed E-state index contributed by atoms with van der Waals surface area (Å²) in [6, 6.07) is 11.1. The predicted molar refractivity (Wildman–Crippen MR) is 197 cm³/mol. The first-order valence-corrected chi connectivity index (χ1v) is 18.0. The lowest BCUT2D eigenvalue weighted by Gasteiger charge is -2.37. The van der Waals surface area contributed by atoms with Crippen LogP contribution in [0.25, 0.3) is 10.9 Å². The van der Waals surface area contributed by atoms with Crippen LogP contribution in [-0.4, -0.2) is 40.3 Å². The minimum Gasteiger partial charge on any atom is -0.415 e. The number of hydrogen-bond acceptors (Lipinski definition) is 3. The van der Waals surface area contributed by atoms with Crippen LogP contribution in [-0.2, 0) is 35.5 Å². The molecule has 0 N–H and O–H groups in total. The standard InChI is InChI=1S/C42H58N3O2/c1-5-6-7-8-9-10-11-12-13-14-15-16-17-18-19-20-21-22-42(46)47-34-45(4)30-28-41-39(33-45)38-31-35(2)23-26-40(38)44(41)29-27-37-25-24-36(3)43-32-37/h9-10,12-13,15-16,18-19,23-26,31-32H,5-8,11,14,17,20-22,27-30,33-34H2,1-4H3/q+1/b10-9+,13-12+,16-15+,19-18+. The van der Waals surface area contributed by atoms with E-state index in [0.29, 0.717) is 13.2 Å². The van der Waals surface area contributed by atoms with E-state index in [0.717, 1.165) is 74.8 Å². The Bertz CT molecular complexity index is 1530. The molecule has 47 heavy (non-hydrogen) atoms. The first-order valence-electron chi connectivity index (χ1n) is 18.0. The van der Waals surface area contributed by atoms with Gasteiger partial charge in [-0.05, 0) is 89.0 Å². The number of carbonyl (C=O) groups excluding carboxylic acids is 1. The van der Waals surface area contributed by atoms with E-state index in [9.17, 15) is 4.79 Å². The number of aromatic nitrogens is 2. The molecule has 252 valence electrons. The Morgan fingerprint density at radius 1 is 0.915 bits per heavy atom. The molecule has 2 aromatic heterocycles. The molecule has 1 unspecified atom stereocenters. The summed E-state index contributed by atoms with van der Waals surface area (Å²) in [6.07, 6.45) is 32.1. The number of nitrogens with zero attached hydrogens (tertiary/aromatic N) is 3. The molecule has 0 bridgehead atoms. The molecule has 1 atom stereocenters. The summed E-state index contributed by atoms with van der Waals surface area (Å²) < 4.78 is 9.11. The zero-order valence-electron chi connectivity index (χ0n) is 29.6. The minimum atomic E-state index is -0.0870. The third-order valence-corrected chi connectivity index (χ3v) is 9.21. The topological polar surface area (TPSA) is 44.1 Å². The number of rotatable bonds is 19. The number of likely N-dealkylation sites (N-methyl/N-ethyl adjacent to an activating group) is 1.